The molecule has 1 aromatic carbocycles. The first-order valence-corrected chi connectivity index (χ1v) is 9.09. The highest BCUT2D eigenvalue weighted by atomic mass is 32.1. The fraction of sp³-hybridized carbons (Fsp3) is 0.368. The van der Waals surface area contributed by atoms with Crippen molar-refractivity contribution in [3.8, 4) is 0 Å². The van der Waals surface area contributed by atoms with Crippen molar-refractivity contribution < 1.29 is 9.59 Å². The summed E-state index contributed by atoms with van der Waals surface area (Å²) in [5.74, 6) is 0.424. The Kier molecular flexibility index (Phi) is 4.71. The normalized spacial score (nSPS) is 13.8. The minimum absolute atomic E-state index is 0.0633. The van der Waals surface area contributed by atoms with Gasteiger partial charge in [0.1, 0.15) is 0 Å². The molecular weight excluding hydrogens is 320 g/mol. The van der Waals surface area contributed by atoms with Crippen LogP contribution in [0.1, 0.15) is 53.4 Å². The number of anilines is 2. The maximum absolute atomic E-state index is 12.6. The number of thiophene rings is 1. The molecule has 2 amide bonds. The van der Waals surface area contributed by atoms with Crippen LogP contribution in [0.4, 0.5) is 10.7 Å². The van der Waals surface area contributed by atoms with Crippen LogP contribution in [0.5, 0.6) is 0 Å². The van der Waals surface area contributed by atoms with Crippen molar-refractivity contribution in [3.63, 3.8) is 0 Å². The van der Waals surface area contributed by atoms with Crippen LogP contribution in [0.2, 0.25) is 0 Å². The third-order valence-electron chi connectivity index (χ3n) is 4.15. The third-order valence-corrected chi connectivity index (χ3v) is 5.30. The number of rotatable bonds is 5. The molecule has 2 aromatic rings. The second-order valence-corrected chi connectivity index (χ2v) is 7.63. The molecule has 1 aromatic heterocycles. The van der Waals surface area contributed by atoms with Gasteiger partial charge in [0, 0.05) is 11.6 Å². The molecule has 5 heteroatoms. The van der Waals surface area contributed by atoms with Gasteiger partial charge in [0.05, 0.1) is 9.88 Å². The molecule has 0 radical (unpaired) electrons. The Morgan fingerprint density at radius 2 is 1.88 bits per heavy atom. The van der Waals surface area contributed by atoms with Gasteiger partial charge in [-0.1, -0.05) is 32.0 Å². The maximum Gasteiger partial charge on any atom is 0.266 e. The summed E-state index contributed by atoms with van der Waals surface area (Å²) in [7, 11) is 0. The number of carbonyl (C=O) groups excluding carboxylic acids is 2. The van der Waals surface area contributed by atoms with E-state index in [1.54, 1.807) is 0 Å². The van der Waals surface area contributed by atoms with Crippen molar-refractivity contribution in [1.29, 1.82) is 0 Å². The lowest BCUT2D eigenvalue weighted by atomic mass is 10.0. The minimum atomic E-state index is -0.127. The van der Waals surface area contributed by atoms with Crippen LogP contribution in [0, 0.1) is 12.8 Å². The summed E-state index contributed by atoms with van der Waals surface area (Å²) >= 11 is 1.33. The van der Waals surface area contributed by atoms with Crippen LogP contribution >= 0.6 is 11.3 Å². The lowest BCUT2D eigenvalue weighted by Gasteiger charge is -2.13. The average Bonchev–Trinajstić information content (AvgIpc) is 3.32. The number of amides is 2. The number of hydrogen-bond acceptors (Lipinski definition) is 3. The smallest absolute Gasteiger partial charge is 0.266 e. The molecule has 1 aliphatic carbocycles. The maximum atomic E-state index is 12.6. The highest BCUT2D eigenvalue weighted by Gasteiger charge is 2.30. The molecule has 2 N–H and O–H groups in total. The van der Waals surface area contributed by atoms with Crippen LogP contribution in [0.3, 0.4) is 0 Å². The molecule has 0 unspecified atom stereocenters. The van der Waals surface area contributed by atoms with Crippen LogP contribution in [-0.4, -0.2) is 11.8 Å². The van der Waals surface area contributed by atoms with E-state index >= 15 is 0 Å². The number of hydrogen-bond donors (Lipinski definition) is 2. The van der Waals surface area contributed by atoms with Gasteiger partial charge < -0.3 is 10.6 Å². The molecule has 126 valence electrons. The van der Waals surface area contributed by atoms with Crippen molar-refractivity contribution in [2.75, 3.05) is 10.6 Å². The molecule has 24 heavy (non-hydrogen) atoms. The Balaban J connectivity index is 1.75. The SMILES string of the molecule is Cc1cc(NC(=O)C2CC2)sc1C(=O)Nc1ccccc1C(C)C. The molecule has 1 fully saturated rings. The van der Waals surface area contributed by atoms with Crippen molar-refractivity contribution in [2.24, 2.45) is 5.92 Å². The predicted octanol–water partition coefficient (Wildman–Crippen LogP) is 4.78. The summed E-state index contributed by atoms with van der Waals surface area (Å²) in [6.07, 6.45) is 1.94. The van der Waals surface area contributed by atoms with E-state index in [4.69, 9.17) is 0 Å². The fourth-order valence-electron chi connectivity index (χ4n) is 2.63. The second kappa shape index (κ2) is 6.77. The lowest BCUT2D eigenvalue weighted by molar-refractivity contribution is -0.117. The van der Waals surface area contributed by atoms with Crippen LogP contribution in [0.25, 0.3) is 0 Å². The molecule has 1 saturated carbocycles. The Bertz CT molecular complexity index is 775. The highest BCUT2D eigenvalue weighted by Crippen LogP contribution is 2.33. The van der Waals surface area contributed by atoms with Gasteiger partial charge in [-0.15, -0.1) is 11.3 Å². The van der Waals surface area contributed by atoms with Crippen LogP contribution in [0.15, 0.2) is 30.3 Å². The van der Waals surface area contributed by atoms with Gasteiger partial charge in [0.2, 0.25) is 5.91 Å². The van der Waals surface area contributed by atoms with Gasteiger partial charge >= 0.3 is 0 Å². The fourth-order valence-corrected chi connectivity index (χ4v) is 3.60. The minimum Gasteiger partial charge on any atom is -0.321 e. The Morgan fingerprint density at radius 3 is 2.54 bits per heavy atom. The number of carbonyl (C=O) groups is 2. The third kappa shape index (κ3) is 3.67. The van der Waals surface area contributed by atoms with E-state index in [0.29, 0.717) is 10.8 Å². The molecule has 0 aliphatic heterocycles. The van der Waals surface area contributed by atoms with E-state index in [2.05, 4.69) is 24.5 Å². The second-order valence-electron chi connectivity index (χ2n) is 6.58. The molecule has 4 nitrogen and oxygen atoms in total. The van der Waals surface area contributed by atoms with E-state index in [0.717, 1.165) is 34.7 Å². The molecule has 0 spiro atoms. The van der Waals surface area contributed by atoms with Gasteiger partial charge in [-0.2, -0.15) is 0 Å². The predicted molar refractivity (Wildman–Crippen MR) is 98.9 cm³/mol. The van der Waals surface area contributed by atoms with E-state index in [9.17, 15) is 9.59 Å². The molecule has 0 bridgehead atoms. The molecule has 1 aliphatic rings. The Hall–Kier alpha value is -2.14. The van der Waals surface area contributed by atoms with Crippen LogP contribution in [-0.2, 0) is 4.79 Å². The average molecular weight is 342 g/mol. The highest BCUT2D eigenvalue weighted by molar-refractivity contribution is 7.18. The quantitative estimate of drug-likeness (QED) is 0.821. The van der Waals surface area contributed by atoms with Crippen molar-refractivity contribution >= 4 is 33.8 Å². The van der Waals surface area contributed by atoms with Crippen LogP contribution < -0.4 is 10.6 Å². The van der Waals surface area contributed by atoms with Gasteiger partial charge in [-0.25, -0.2) is 0 Å². The number of para-hydroxylation sites is 1. The van der Waals surface area contributed by atoms with E-state index in [1.807, 2.05) is 37.3 Å². The summed E-state index contributed by atoms with van der Waals surface area (Å²) in [5.41, 5.74) is 2.84. The van der Waals surface area contributed by atoms with E-state index < -0.39 is 0 Å². The summed E-state index contributed by atoms with van der Waals surface area (Å²) in [5, 5.41) is 6.66. The summed E-state index contributed by atoms with van der Waals surface area (Å²) < 4.78 is 0. The largest absolute Gasteiger partial charge is 0.321 e. The standard InChI is InChI=1S/C19H22N2O2S/c1-11(2)14-6-4-5-7-15(14)20-19(23)17-12(3)10-16(24-17)21-18(22)13-8-9-13/h4-7,10-11,13H,8-9H2,1-3H3,(H,20,23)(H,21,22). The molecule has 0 saturated heterocycles. The van der Waals surface area contributed by atoms with Crippen molar-refractivity contribution in [1.82, 2.24) is 0 Å². The Morgan fingerprint density at radius 1 is 1.17 bits per heavy atom. The molecular formula is C19H22N2O2S. The van der Waals surface area contributed by atoms with Gasteiger partial charge in [0.15, 0.2) is 0 Å². The van der Waals surface area contributed by atoms with E-state index in [-0.39, 0.29) is 17.7 Å². The lowest BCUT2D eigenvalue weighted by Crippen LogP contribution is -2.13. The number of aryl methyl sites for hydroxylation is 1. The molecule has 3 rings (SSSR count). The zero-order chi connectivity index (χ0) is 17.3. The molecule has 0 atom stereocenters. The summed E-state index contributed by atoms with van der Waals surface area (Å²) in [6, 6.07) is 9.72. The van der Waals surface area contributed by atoms with Gasteiger partial charge in [-0.05, 0) is 48.9 Å². The number of benzene rings is 1. The number of nitrogens with one attached hydrogen (secondary N) is 2. The first kappa shape index (κ1) is 16.7. The van der Waals surface area contributed by atoms with Crippen molar-refractivity contribution in [3.05, 3.63) is 46.3 Å². The topological polar surface area (TPSA) is 58.2 Å². The zero-order valence-corrected chi connectivity index (χ0v) is 15.0. The summed E-state index contributed by atoms with van der Waals surface area (Å²) in [4.78, 5) is 25.2. The van der Waals surface area contributed by atoms with Crippen molar-refractivity contribution in [2.45, 2.75) is 39.5 Å². The Labute approximate surface area is 146 Å². The van der Waals surface area contributed by atoms with Gasteiger partial charge in [-0.3, -0.25) is 9.59 Å². The first-order chi connectivity index (χ1) is 11.5. The zero-order valence-electron chi connectivity index (χ0n) is 14.2. The van der Waals surface area contributed by atoms with Gasteiger partial charge in [0.25, 0.3) is 5.91 Å². The molecule has 1 heterocycles. The monoisotopic (exact) mass is 342 g/mol. The first-order valence-electron chi connectivity index (χ1n) is 8.27. The summed E-state index contributed by atoms with van der Waals surface area (Å²) in [6.45, 7) is 6.10. The van der Waals surface area contributed by atoms with E-state index in [1.165, 1.54) is 11.3 Å².